The first-order valence-electron chi connectivity index (χ1n) is 15.0. The number of hydrogen-bond donors (Lipinski definition) is 0. The second-order valence-corrected chi connectivity index (χ2v) is 12.5. The molecule has 6 heteroatoms. The van der Waals surface area contributed by atoms with Crippen LogP contribution in [0.5, 0.6) is 23.0 Å². The minimum atomic E-state index is -0.840. The summed E-state index contributed by atoms with van der Waals surface area (Å²) in [6.45, 7) is 1.03. The van der Waals surface area contributed by atoms with Crippen molar-refractivity contribution >= 4 is 11.4 Å². The molecule has 0 fully saturated rings. The molecule has 4 aliphatic heterocycles. The molecule has 4 aliphatic rings. The average Bonchev–Trinajstić information content (AvgIpc) is 3.61. The van der Waals surface area contributed by atoms with Crippen molar-refractivity contribution in [2.45, 2.75) is 24.4 Å². The van der Waals surface area contributed by atoms with Crippen LogP contribution in [0.15, 0.2) is 97.1 Å². The van der Waals surface area contributed by atoms with E-state index in [1.54, 1.807) is 0 Å². The van der Waals surface area contributed by atoms with Gasteiger partial charge in [-0.25, -0.2) is 0 Å². The van der Waals surface area contributed by atoms with Gasteiger partial charge in [-0.1, -0.05) is 48.5 Å². The Morgan fingerprint density at radius 2 is 0.886 bits per heavy atom. The highest BCUT2D eigenvalue weighted by Gasteiger charge is 2.54. The van der Waals surface area contributed by atoms with Gasteiger partial charge in [0.2, 0.25) is 0 Å². The van der Waals surface area contributed by atoms with Gasteiger partial charge in [0.15, 0.2) is 11.2 Å². The van der Waals surface area contributed by atoms with Crippen molar-refractivity contribution in [3.63, 3.8) is 0 Å². The zero-order chi connectivity index (χ0) is 29.8. The Labute approximate surface area is 257 Å². The highest BCUT2D eigenvalue weighted by atomic mass is 16.5. The van der Waals surface area contributed by atoms with Crippen molar-refractivity contribution in [1.29, 1.82) is 0 Å². The van der Waals surface area contributed by atoms with E-state index in [4.69, 9.17) is 18.9 Å². The van der Waals surface area contributed by atoms with Crippen LogP contribution in [0, 0.1) is 0 Å². The van der Waals surface area contributed by atoms with Gasteiger partial charge in [-0.15, -0.1) is 0 Å². The summed E-state index contributed by atoms with van der Waals surface area (Å²) in [6.07, 6.45) is 0. The van der Waals surface area contributed by atoms with Gasteiger partial charge in [-0.2, -0.15) is 0 Å². The van der Waals surface area contributed by atoms with Gasteiger partial charge in [0.1, 0.15) is 23.0 Å². The molecule has 9 rings (SSSR count). The van der Waals surface area contributed by atoms with Gasteiger partial charge in [-0.3, -0.25) is 0 Å². The second-order valence-electron chi connectivity index (χ2n) is 12.5. The van der Waals surface area contributed by atoms with Crippen LogP contribution in [0.4, 0.5) is 11.4 Å². The number of anilines is 2. The summed E-state index contributed by atoms with van der Waals surface area (Å²) < 4.78 is 27.4. The Bertz CT molecular complexity index is 1880. The van der Waals surface area contributed by atoms with Crippen molar-refractivity contribution in [3.05, 3.63) is 142 Å². The van der Waals surface area contributed by atoms with Crippen molar-refractivity contribution in [2.75, 3.05) is 38.0 Å². The van der Waals surface area contributed by atoms with Crippen LogP contribution in [-0.2, 0) is 33.9 Å². The predicted molar refractivity (Wildman–Crippen MR) is 170 cm³/mol. The van der Waals surface area contributed by atoms with Crippen LogP contribution in [0.3, 0.4) is 0 Å². The summed E-state index contributed by atoms with van der Waals surface area (Å²) in [4.78, 5) is 4.17. The van der Waals surface area contributed by atoms with E-state index in [2.05, 4.69) is 101 Å². The van der Waals surface area contributed by atoms with Crippen LogP contribution < -0.4 is 19.3 Å². The highest BCUT2D eigenvalue weighted by Crippen LogP contribution is 2.62. The smallest absolute Gasteiger partial charge is 0.151 e. The number of rotatable bonds is 2. The zero-order valence-corrected chi connectivity index (χ0v) is 25.2. The van der Waals surface area contributed by atoms with Gasteiger partial charge in [0.25, 0.3) is 0 Å². The molecule has 218 valence electrons. The van der Waals surface area contributed by atoms with E-state index in [-0.39, 0.29) is 0 Å². The fourth-order valence-corrected chi connectivity index (χ4v) is 7.53. The van der Waals surface area contributed by atoms with Gasteiger partial charge < -0.3 is 28.7 Å². The highest BCUT2D eigenvalue weighted by molar-refractivity contribution is 5.73. The maximum atomic E-state index is 6.95. The first-order valence-corrected chi connectivity index (χ1v) is 15.0. The van der Waals surface area contributed by atoms with Gasteiger partial charge >= 0.3 is 0 Å². The van der Waals surface area contributed by atoms with Gasteiger partial charge in [0, 0.05) is 80.0 Å². The Balaban J connectivity index is 1.34. The summed E-state index contributed by atoms with van der Waals surface area (Å²) in [5.74, 6) is 3.00. The lowest BCUT2D eigenvalue weighted by atomic mass is 9.73. The van der Waals surface area contributed by atoms with E-state index in [1.807, 2.05) is 34.3 Å². The van der Waals surface area contributed by atoms with Gasteiger partial charge in [-0.05, 0) is 52.6 Å². The summed E-state index contributed by atoms with van der Waals surface area (Å²) in [7, 11) is 8.16. The predicted octanol–water partition coefficient (Wildman–Crippen LogP) is 7.67. The molecule has 0 bridgehead atoms. The van der Waals surface area contributed by atoms with Crippen molar-refractivity contribution in [3.8, 4) is 23.0 Å². The molecule has 5 aromatic carbocycles. The van der Waals surface area contributed by atoms with E-state index in [9.17, 15) is 0 Å². The summed E-state index contributed by atoms with van der Waals surface area (Å²) in [5, 5.41) is 0. The van der Waals surface area contributed by atoms with Crippen molar-refractivity contribution in [1.82, 2.24) is 0 Å². The molecule has 0 aromatic heterocycles. The molecule has 0 saturated heterocycles. The summed E-state index contributed by atoms with van der Waals surface area (Å²) >= 11 is 0. The fourth-order valence-electron chi connectivity index (χ4n) is 7.53. The Hall–Kier alpha value is -4.78. The molecule has 2 spiro atoms. The van der Waals surface area contributed by atoms with Crippen LogP contribution in [0.25, 0.3) is 0 Å². The molecule has 4 heterocycles. The van der Waals surface area contributed by atoms with Crippen LogP contribution in [0.2, 0.25) is 0 Å². The van der Waals surface area contributed by atoms with Crippen LogP contribution >= 0.6 is 0 Å². The quantitative estimate of drug-likeness (QED) is 0.214. The lowest BCUT2D eigenvalue weighted by Gasteiger charge is -2.42. The fraction of sp³-hybridized carbons (Fsp3) is 0.211. The molecule has 0 aliphatic carbocycles. The maximum Gasteiger partial charge on any atom is 0.151 e. The van der Waals surface area contributed by atoms with E-state index in [0.29, 0.717) is 13.2 Å². The third-order valence-corrected chi connectivity index (χ3v) is 9.68. The molecule has 0 N–H and O–H groups in total. The third-order valence-electron chi connectivity index (χ3n) is 9.68. The van der Waals surface area contributed by atoms with Crippen molar-refractivity contribution in [2.24, 2.45) is 0 Å². The molecule has 5 aromatic rings. The molecular weight excluding hydrogens is 548 g/mol. The standard InChI is InChI=1S/C38H32N2O4/c1-39(2)25-13-15-29-33(17-25)43-35-20-36-32(19-31(35)37(29)27-11-7-5-9-23(27)21-41-37)38(28-12-8-6-10-24(28)22-42-38)30-16-14-26(40(3)4)18-34(30)44-36/h5-20H,21-22H2,1-4H3. The lowest BCUT2D eigenvalue weighted by Crippen LogP contribution is -2.36. The first-order chi connectivity index (χ1) is 21.4. The molecule has 2 unspecified atom stereocenters. The maximum absolute atomic E-state index is 6.95. The SMILES string of the molecule is CN(C)c1ccc2c(c1)Oc1cc3c(cc1C21OCc2ccccc21)C1(OCc2ccccc21)c1ccc(N(C)C)cc1O3. The average molecular weight is 581 g/mol. The molecule has 44 heavy (non-hydrogen) atoms. The van der Waals surface area contributed by atoms with E-state index in [1.165, 1.54) is 11.1 Å². The normalized spacial score (nSPS) is 21.4. The largest absolute Gasteiger partial charge is 0.456 e. The molecule has 2 atom stereocenters. The first kappa shape index (κ1) is 25.7. The minimum absolute atomic E-state index is 0.513. The van der Waals surface area contributed by atoms with E-state index in [0.717, 1.165) is 67.8 Å². The second kappa shape index (κ2) is 8.88. The van der Waals surface area contributed by atoms with E-state index >= 15 is 0 Å². The Morgan fingerprint density at radius 1 is 0.455 bits per heavy atom. The molecule has 0 radical (unpaired) electrons. The number of nitrogens with zero attached hydrogens (tertiary/aromatic N) is 2. The molecule has 6 nitrogen and oxygen atoms in total. The monoisotopic (exact) mass is 580 g/mol. The van der Waals surface area contributed by atoms with Crippen LogP contribution in [-0.4, -0.2) is 28.2 Å². The van der Waals surface area contributed by atoms with Crippen LogP contribution in [0.1, 0.15) is 44.5 Å². The summed E-state index contributed by atoms with van der Waals surface area (Å²) in [6, 6.07) is 34.1. The van der Waals surface area contributed by atoms with E-state index < -0.39 is 11.2 Å². The topological polar surface area (TPSA) is 43.4 Å². The lowest BCUT2D eigenvalue weighted by molar-refractivity contribution is 0.0140. The van der Waals surface area contributed by atoms with Crippen molar-refractivity contribution < 1.29 is 18.9 Å². The molecule has 0 amide bonds. The third kappa shape index (κ3) is 3.22. The summed E-state index contributed by atoms with van der Waals surface area (Å²) in [5.41, 5.74) is 8.96. The minimum Gasteiger partial charge on any atom is -0.456 e. The Kier molecular flexibility index (Phi) is 5.19. The number of benzene rings is 5. The molecule has 0 saturated carbocycles. The molecular formula is C38H32N2O4. The number of ether oxygens (including phenoxy) is 4. The zero-order valence-electron chi connectivity index (χ0n) is 25.2. The Morgan fingerprint density at radius 3 is 1.34 bits per heavy atom. The number of fused-ring (bicyclic) bond motifs is 12. The van der Waals surface area contributed by atoms with Gasteiger partial charge in [0.05, 0.1) is 13.2 Å². The number of hydrogen-bond acceptors (Lipinski definition) is 6.